The van der Waals surface area contributed by atoms with Crippen molar-refractivity contribution >= 4 is 5.97 Å². The number of carbonyl (C=O) groups is 1. The van der Waals surface area contributed by atoms with E-state index in [9.17, 15) is 4.79 Å². The van der Waals surface area contributed by atoms with Gasteiger partial charge in [-0.3, -0.25) is 4.79 Å². The Kier molecular flexibility index (Phi) is 4.03. The molecule has 3 heteroatoms. The van der Waals surface area contributed by atoms with Gasteiger partial charge in [0.25, 0.3) is 0 Å². The molecular formula is C7H16NO2+. The standard InChI is InChI=1S/C7H15NO2/c1-5(2)6(8)4-7(9)10-3/h5-6H,4,8H2,1-3H3/p+1. The zero-order valence-electron chi connectivity index (χ0n) is 6.89. The molecule has 0 aliphatic carbocycles. The fourth-order valence-corrected chi connectivity index (χ4v) is 0.533. The minimum absolute atomic E-state index is 0.173. The highest BCUT2D eigenvalue weighted by Gasteiger charge is 2.15. The molecule has 1 atom stereocenters. The maximum Gasteiger partial charge on any atom is 0.311 e. The van der Waals surface area contributed by atoms with Crippen LogP contribution in [-0.4, -0.2) is 19.1 Å². The fourth-order valence-electron chi connectivity index (χ4n) is 0.533. The number of ether oxygens (including phenoxy) is 1. The summed E-state index contributed by atoms with van der Waals surface area (Å²) in [5, 5.41) is 0. The molecule has 0 rings (SSSR count). The average molecular weight is 146 g/mol. The monoisotopic (exact) mass is 146 g/mol. The molecule has 1 unspecified atom stereocenters. The molecule has 3 nitrogen and oxygen atoms in total. The van der Waals surface area contributed by atoms with E-state index in [4.69, 9.17) is 0 Å². The van der Waals surface area contributed by atoms with E-state index >= 15 is 0 Å². The molecule has 10 heavy (non-hydrogen) atoms. The number of hydrogen-bond acceptors (Lipinski definition) is 2. The van der Waals surface area contributed by atoms with Crippen molar-refractivity contribution in [3.8, 4) is 0 Å². The Morgan fingerprint density at radius 2 is 2.10 bits per heavy atom. The summed E-state index contributed by atoms with van der Waals surface area (Å²) in [6.07, 6.45) is 0.425. The summed E-state index contributed by atoms with van der Waals surface area (Å²) in [6.45, 7) is 4.08. The van der Waals surface area contributed by atoms with Crippen LogP contribution in [0.1, 0.15) is 20.3 Å². The Bertz CT molecular complexity index is 112. The second-order valence-corrected chi connectivity index (χ2v) is 2.78. The van der Waals surface area contributed by atoms with Crippen molar-refractivity contribution < 1.29 is 15.3 Å². The molecule has 0 aromatic rings. The molecule has 0 amide bonds. The lowest BCUT2D eigenvalue weighted by Crippen LogP contribution is -2.64. The molecule has 0 fully saturated rings. The zero-order valence-corrected chi connectivity index (χ0v) is 6.89. The molecule has 0 aliphatic rings. The molecule has 0 aliphatic heterocycles. The summed E-state index contributed by atoms with van der Waals surface area (Å²) >= 11 is 0. The van der Waals surface area contributed by atoms with E-state index in [1.165, 1.54) is 7.11 Å². The van der Waals surface area contributed by atoms with E-state index in [2.05, 4.69) is 10.5 Å². The van der Waals surface area contributed by atoms with E-state index in [1.807, 2.05) is 13.8 Å². The van der Waals surface area contributed by atoms with Crippen molar-refractivity contribution in [2.45, 2.75) is 26.3 Å². The van der Waals surface area contributed by atoms with Gasteiger partial charge in [0.05, 0.1) is 19.6 Å². The van der Waals surface area contributed by atoms with E-state index in [0.29, 0.717) is 12.3 Å². The van der Waals surface area contributed by atoms with Gasteiger partial charge in [0, 0.05) is 5.92 Å². The summed E-state index contributed by atoms with van der Waals surface area (Å²) in [5.74, 6) is 0.271. The first-order chi connectivity index (χ1) is 4.57. The molecule has 0 bridgehead atoms. The van der Waals surface area contributed by atoms with Crippen LogP contribution in [0.2, 0.25) is 0 Å². The number of hydrogen-bond donors (Lipinski definition) is 1. The van der Waals surface area contributed by atoms with Crippen LogP contribution in [0.25, 0.3) is 0 Å². The van der Waals surface area contributed by atoms with Crippen LogP contribution >= 0.6 is 0 Å². The molecule has 0 aromatic carbocycles. The maximum atomic E-state index is 10.7. The van der Waals surface area contributed by atoms with Crippen molar-refractivity contribution in [3.05, 3.63) is 0 Å². The number of esters is 1. The molecule has 0 aromatic heterocycles. The number of carbonyl (C=O) groups excluding carboxylic acids is 1. The summed E-state index contributed by atoms with van der Waals surface area (Å²) in [4.78, 5) is 10.7. The first-order valence-corrected chi connectivity index (χ1v) is 3.47. The van der Waals surface area contributed by atoms with Crippen LogP contribution in [0.3, 0.4) is 0 Å². The van der Waals surface area contributed by atoms with Gasteiger partial charge in [0.1, 0.15) is 0 Å². The molecular weight excluding hydrogens is 130 g/mol. The molecule has 3 N–H and O–H groups in total. The second kappa shape index (κ2) is 4.28. The van der Waals surface area contributed by atoms with Gasteiger partial charge >= 0.3 is 5.97 Å². The molecule has 0 radical (unpaired) electrons. The van der Waals surface area contributed by atoms with Gasteiger partial charge in [-0.1, -0.05) is 13.8 Å². The minimum atomic E-state index is -0.173. The van der Waals surface area contributed by atoms with Gasteiger partial charge in [0.15, 0.2) is 0 Å². The predicted molar refractivity (Wildman–Crippen MR) is 38.1 cm³/mol. The average Bonchev–Trinajstić information content (AvgIpc) is 1.87. The van der Waals surface area contributed by atoms with E-state index in [0.717, 1.165) is 0 Å². The van der Waals surface area contributed by atoms with Crippen LogP contribution in [0.15, 0.2) is 0 Å². The third-order valence-corrected chi connectivity index (χ3v) is 1.60. The first-order valence-electron chi connectivity index (χ1n) is 3.47. The Morgan fingerprint density at radius 1 is 1.60 bits per heavy atom. The first kappa shape index (κ1) is 9.43. The topological polar surface area (TPSA) is 53.9 Å². The van der Waals surface area contributed by atoms with Crippen LogP contribution in [0.5, 0.6) is 0 Å². The Balaban J connectivity index is 3.57. The number of rotatable bonds is 3. The largest absolute Gasteiger partial charge is 0.469 e. The lowest BCUT2D eigenvalue weighted by atomic mass is 10.0. The Morgan fingerprint density at radius 3 is 2.40 bits per heavy atom. The van der Waals surface area contributed by atoms with Crippen molar-refractivity contribution in [1.29, 1.82) is 0 Å². The fraction of sp³-hybridized carbons (Fsp3) is 0.857. The van der Waals surface area contributed by atoms with Crippen LogP contribution in [-0.2, 0) is 9.53 Å². The third-order valence-electron chi connectivity index (χ3n) is 1.60. The van der Waals surface area contributed by atoms with E-state index in [1.54, 1.807) is 0 Å². The molecule has 0 saturated heterocycles. The highest BCUT2D eigenvalue weighted by atomic mass is 16.5. The zero-order chi connectivity index (χ0) is 8.15. The van der Waals surface area contributed by atoms with Crippen molar-refractivity contribution in [2.24, 2.45) is 5.92 Å². The number of quaternary nitrogens is 1. The molecule has 60 valence electrons. The minimum Gasteiger partial charge on any atom is -0.469 e. The van der Waals surface area contributed by atoms with E-state index < -0.39 is 0 Å². The lowest BCUT2D eigenvalue weighted by Gasteiger charge is -2.09. The van der Waals surface area contributed by atoms with Crippen LogP contribution < -0.4 is 5.73 Å². The van der Waals surface area contributed by atoms with Crippen LogP contribution in [0, 0.1) is 5.92 Å². The predicted octanol–water partition coefficient (Wildman–Crippen LogP) is -0.184. The van der Waals surface area contributed by atoms with Gasteiger partial charge in [-0.15, -0.1) is 0 Å². The van der Waals surface area contributed by atoms with Gasteiger partial charge in [-0.25, -0.2) is 0 Å². The normalized spacial score (nSPS) is 13.3. The van der Waals surface area contributed by atoms with Gasteiger partial charge in [-0.05, 0) is 0 Å². The summed E-state index contributed by atoms with van der Waals surface area (Å²) in [7, 11) is 1.40. The van der Waals surface area contributed by atoms with Gasteiger partial charge in [-0.2, -0.15) is 0 Å². The number of methoxy groups -OCH3 is 1. The van der Waals surface area contributed by atoms with Crippen molar-refractivity contribution in [3.63, 3.8) is 0 Å². The Hall–Kier alpha value is -0.570. The Labute approximate surface area is 61.5 Å². The lowest BCUT2D eigenvalue weighted by molar-refractivity contribution is -0.430. The third kappa shape index (κ3) is 3.45. The van der Waals surface area contributed by atoms with Crippen molar-refractivity contribution in [2.75, 3.05) is 7.11 Å². The quantitative estimate of drug-likeness (QED) is 0.561. The SMILES string of the molecule is COC(=O)CC([NH3+])C(C)C. The molecule has 0 heterocycles. The van der Waals surface area contributed by atoms with Gasteiger partial charge in [0.2, 0.25) is 0 Å². The highest BCUT2D eigenvalue weighted by Crippen LogP contribution is 2.00. The van der Waals surface area contributed by atoms with Gasteiger partial charge < -0.3 is 10.5 Å². The summed E-state index contributed by atoms with van der Waals surface area (Å²) in [6, 6.07) is 0.174. The van der Waals surface area contributed by atoms with Crippen molar-refractivity contribution in [1.82, 2.24) is 0 Å². The smallest absolute Gasteiger partial charge is 0.311 e. The van der Waals surface area contributed by atoms with Crippen LogP contribution in [0.4, 0.5) is 0 Å². The molecule has 0 saturated carbocycles. The van der Waals surface area contributed by atoms with E-state index in [-0.39, 0.29) is 12.0 Å². The maximum absolute atomic E-state index is 10.7. The second-order valence-electron chi connectivity index (χ2n) is 2.78. The summed E-state index contributed by atoms with van der Waals surface area (Å²) < 4.78 is 4.49. The molecule has 0 spiro atoms. The highest BCUT2D eigenvalue weighted by molar-refractivity contribution is 5.69. The summed E-state index contributed by atoms with van der Waals surface area (Å²) in [5.41, 5.74) is 3.82.